The number of aryl methyl sites for hydroxylation is 1. The van der Waals surface area contributed by atoms with Crippen molar-refractivity contribution in [2.45, 2.75) is 109 Å². The predicted octanol–water partition coefficient (Wildman–Crippen LogP) is 6.14. The summed E-state index contributed by atoms with van der Waals surface area (Å²) in [6.07, 6.45) is 18.0. The van der Waals surface area contributed by atoms with Crippen molar-refractivity contribution in [3.8, 4) is 5.75 Å². The molecule has 1 atom stereocenters. The molecule has 0 amide bonds. The number of nitrogens with two attached hydrogens (primary N) is 1. The number of benzene rings is 1. The van der Waals surface area contributed by atoms with E-state index in [1.165, 1.54) is 64.2 Å². The van der Waals surface area contributed by atoms with E-state index < -0.39 is 6.04 Å². The van der Waals surface area contributed by atoms with Gasteiger partial charge in [0, 0.05) is 6.42 Å². The van der Waals surface area contributed by atoms with Crippen molar-refractivity contribution in [3.63, 3.8) is 0 Å². The molecule has 0 aliphatic heterocycles. The number of carbonyl (C=O) groups excluding carboxylic acids is 2. The predicted molar refractivity (Wildman–Crippen MR) is 120 cm³/mol. The maximum atomic E-state index is 12.0. The molecule has 0 bridgehead atoms. The maximum Gasteiger partial charge on any atom is 0.311 e. The molecule has 2 N–H and O–H groups in total. The number of esters is 1. The largest absolute Gasteiger partial charge is 0.427 e. The molecule has 0 radical (unpaired) electrons. The van der Waals surface area contributed by atoms with E-state index in [1.54, 1.807) is 0 Å². The standard InChI is InChI=1S/C25H41NO3/c1-2-3-4-5-6-7-8-9-10-11-12-13-14-25(28)29-24-19-16-22(17-20-24)15-18-23(26)21-27/h16-17,19-21,23H,2-15,18,26H2,1H3. The summed E-state index contributed by atoms with van der Waals surface area (Å²) in [4.78, 5) is 22.5. The van der Waals surface area contributed by atoms with Gasteiger partial charge in [-0.05, 0) is 37.0 Å². The first-order valence-corrected chi connectivity index (χ1v) is 11.7. The minimum atomic E-state index is -0.414. The van der Waals surface area contributed by atoms with Crippen molar-refractivity contribution in [2.24, 2.45) is 5.73 Å². The van der Waals surface area contributed by atoms with E-state index in [0.717, 1.165) is 31.1 Å². The van der Waals surface area contributed by atoms with E-state index in [0.29, 0.717) is 18.6 Å². The summed E-state index contributed by atoms with van der Waals surface area (Å²) < 4.78 is 5.40. The van der Waals surface area contributed by atoms with Gasteiger partial charge in [0.15, 0.2) is 0 Å². The van der Waals surface area contributed by atoms with Crippen LogP contribution in [-0.4, -0.2) is 18.3 Å². The Hall–Kier alpha value is -1.68. The SMILES string of the molecule is CCCCCCCCCCCCCCC(=O)Oc1ccc(CCC(N)C=O)cc1. The fourth-order valence-electron chi connectivity index (χ4n) is 3.42. The van der Waals surface area contributed by atoms with Gasteiger partial charge in [-0.15, -0.1) is 0 Å². The van der Waals surface area contributed by atoms with Gasteiger partial charge in [0.1, 0.15) is 12.0 Å². The van der Waals surface area contributed by atoms with E-state index in [1.807, 2.05) is 24.3 Å². The van der Waals surface area contributed by atoms with Crippen LogP contribution in [0.4, 0.5) is 0 Å². The van der Waals surface area contributed by atoms with Crippen molar-refractivity contribution in [1.29, 1.82) is 0 Å². The highest BCUT2D eigenvalue weighted by Crippen LogP contribution is 2.16. The molecular weight excluding hydrogens is 362 g/mol. The molecular formula is C25H41NO3. The van der Waals surface area contributed by atoms with Gasteiger partial charge in [0.2, 0.25) is 0 Å². The molecule has 29 heavy (non-hydrogen) atoms. The number of carbonyl (C=O) groups is 2. The lowest BCUT2D eigenvalue weighted by atomic mass is 10.0. The topological polar surface area (TPSA) is 69.4 Å². The molecule has 4 heteroatoms. The van der Waals surface area contributed by atoms with Gasteiger partial charge < -0.3 is 15.3 Å². The Bertz CT molecular complexity index is 542. The van der Waals surface area contributed by atoms with Gasteiger partial charge in [-0.2, -0.15) is 0 Å². The summed E-state index contributed by atoms with van der Waals surface area (Å²) in [6.45, 7) is 2.26. The average Bonchev–Trinajstić information content (AvgIpc) is 2.73. The molecule has 0 spiro atoms. The Morgan fingerprint density at radius 3 is 1.93 bits per heavy atom. The van der Waals surface area contributed by atoms with E-state index in [9.17, 15) is 9.59 Å². The molecule has 0 aliphatic rings. The quantitative estimate of drug-likeness (QED) is 0.138. The number of ether oxygens (including phenoxy) is 1. The molecule has 0 heterocycles. The van der Waals surface area contributed by atoms with Crippen molar-refractivity contribution in [2.75, 3.05) is 0 Å². The number of aldehydes is 1. The van der Waals surface area contributed by atoms with Crippen LogP contribution in [0.1, 0.15) is 102 Å². The van der Waals surface area contributed by atoms with Gasteiger partial charge in [-0.3, -0.25) is 4.79 Å². The zero-order valence-corrected chi connectivity index (χ0v) is 18.4. The third-order valence-electron chi connectivity index (χ3n) is 5.33. The lowest BCUT2D eigenvalue weighted by molar-refractivity contribution is -0.134. The van der Waals surface area contributed by atoms with Gasteiger partial charge in [-0.1, -0.05) is 89.7 Å². The van der Waals surface area contributed by atoms with E-state index in [2.05, 4.69) is 6.92 Å². The summed E-state index contributed by atoms with van der Waals surface area (Å²) in [7, 11) is 0. The Kier molecular flexibility index (Phi) is 15.0. The normalized spacial score (nSPS) is 11.9. The molecule has 0 aromatic heterocycles. The van der Waals surface area contributed by atoms with Crippen LogP contribution in [0.25, 0.3) is 0 Å². The Balaban J connectivity index is 2.00. The first-order chi connectivity index (χ1) is 14.2. The average molecular weight is 404 g/mol. The number of unbranched alkanes of at least 4 members (excludes halogenated alkanes) is 11. The van der Waals surface area contributed by atoms with Gasteiger partial charge in [0.25, 0.3) is 0 Å². The lowest BCUT2D eigenvalue weighted by Crippen LogP contribution is -2.21. The zero-order valence-electron chi connectivity index (χ0n) is 18.4. The highest BCUT2D eigenvalue weighted by Gasteiger charge is 2.06. The summed E-state index contributed by atoms with van der Waals surface area (Å²) in [5, 5.41) is 0. The molecule has 0 aliphatic carbocycles. The monoisotopic (exact) mass is 403 g/mol. The smallest absolute Gasteiger partial charge is 0.311 e. The van der Waals surface area contributed by atoms with Crippen LogP contribution in [0, 0.1) is 0 Å². The van der Waals surface area contributed by atoms with Gasteiger partial charge >= 0.3 is 5.97 Å². The van der Waals surface area contributed by atoms with Gasteiger partial charge in [0.05, 0.1) is 6.04 Å². The number of hydrogen-bond donors (Lipinski definition) is 1. The molecule has 164 valence electrons. The summed E-state index contributed by atoms with van der Waals surface area (Å²) in [6, 6.07) is 7.04. The molecule has 0 saturated carbocycles. The second kappa shape index (κ2) is 17.2. The minimum Gasteiger partial charge on any atom is -0.427 e. The third kappa shape index (κ3) is 14.0. The molecule has 1 unspecified atom stereocenters. The maximum absolute atomic E-state index is 12.0. The number of hydrogen-bond acceptors (Lipinski definition) is 4. The Morgan fingerprint density at radius 2 is 1.41 bits per heavy atom. The zero-order chi connectivity index (χ0) is 21.2. The minimum absolute atomic E-state index is 0.159. The molecule has 1 rings (SSSR count). The summed E-state index contributed by atoms with van der Waals surface area (Å²) in [5.41, 5.74) is 6.68. The fraction of sp³-hybridized carbons (Fsp3) is 0.680. The highest BCUT2D eigenvalue weighted by atomic mass is 16.5. The van der Waals surface area contributed by atoms with Crippen LogP contribution < -0.4 is 10.5 Å². The number of rotatable bonds is 18. The van der Waals surface area contributed by atoms with Crippen LogP contribution in [0.3, 0.4) is 0 Å². The second-order valence-electron chi connectivity index (χ2n) is 8.10. The van der Waals surface area contributed by atoms with E-state index in [4.69, 9.17) is 10.5 Å². The van der Waals surface area contributed by atoms with Crippen LogP contribution >= 0.6 is 0 Å². The Morgan fingerprint density at radius 1 is 0.897 bits per heavy atom. The second-order valence-corrected chi connectivity index (χ2v) is 8.10. The van der Waals surface area contributed by atoms with Crippen LogP contribution in [0.5, 0.6) is 5.75 Å². The first kappa shape index (κ1) is 25.4. The van der Waals surface area contributed by atoms with Crippen LogP contribution in [0.15, 0.2) is 24.3 Å². The summed E-state index contributed by atoms with van der Waals surface area (Å²) in [5.74, 6) is 0.421. The van der Waals surface area contributed by atoms with Crippen molar-refractivity contribution < 1.29 is 14.3 Å². The third-order valence-corrected chi connectivity index (χ3v) is 5.33. The van der Waals surface area contributed by atoms with Crippen molar-refractivity contribution >= 4 is 12.3 Å². The van der Waals surface area contributed by atoms with Gasteiger partial charge in [-0.25, -0.2) is 0 Å². The van der Waals surface area contributed by atoms with E-state index in [-0.39, 0.29) is 5.97 Å². The fourth-order valence-corrected chi connectivity index (χ4v) is 3.42. The van der Waals surface area contributed by atoms with Crippen molar-refractivity contribution in [3.05, 3.63) is 29.8 Å². The van der Waals surface area contributed by atoms with E-state index >= 15 is 0 Å². The van der Waals surface area contributed by atoms with Crippen LogP contribution in [0.2, 0.25) is 0 Å². The van der Waals surface area contributed by atoms with Crippen LogP contribution in [-0.2, 0) is 16.0 Å². The molecule has 0 saturated heterocycles. The van der Waals surface area contributed by atoms with Crippen molar-refractivity contribution in [1.82, 2.24) is 0 Å². The highest BCUT2D eigenvalue weighted by molar-refractivity contribution is 5.72. The lowest BCUT2D eigenvalue weighted by Gasteiger charge is -2.07. The molecule has 1 aromatic rings. The summed E-state index contributed by atoms with van der Waals surface area (Å²) >= 11 is 0. The molecule has 0 fully saturated rings. The molecule has 4 nitrogen and oxygen atoms in total. The first-order valence-electron chi connectivity index (χ1n) is 11.7. The molecule has 1 aromatic carbocycles. The Labute approximate surface area is 177 Å².